The second kappa shape index (κ2) is 5.47. The number of halogens is 4. The predicted molar refractivity (Wildman–Crippen MR) is 49.5 cm³/mol. The zero-order chi connectivity index (χ0) is 13.0. The van der Waals surface area contributed by atoms with Gasteiger partial charge >= 0.3 is 12.3 Å². The van der Waals surface area contributed by atoms with Crippen LogP contribution in [0.15, 0.2) is 0 Å². The molecule has 96 valence electrons. The van der Waals surface area contributed by atoms with Crippen molar-refractivity contribution in [1.82, 2.24) is 5.32 Å². The number of aliphatic hydroxyl groups is 1. The topological polar surface area (TPSA) is 49.3 Å². The number of amides is 1. The molecule has 0 fully saturated rings. The van der Waals surface area contributed by atoms with E-state index in [1.807, 2.05) is 0 Å². The lowest BCUT2D eigenvalue weighted by Gasteiger charge is -2.32. The number of nitrogens with one attached hydrogen (secondary N) is 1. The maximum absolute atomic E-state index is 12.6. The van der Waals surface area contributed by atoms with Crippen LogP contribution in [-0.4, -0.2) is 35.5 Å². The highest BCUT2D eigenvalue weighted by molar-refractivity contribution is 5.84. The van der Waals surface area contributed by atoms with Crippen LogP contribution in [-0.2, 0) is 4.79 Å². The summed E-state index contributed by atoms with van der Waals surface area (Å²) >= 11 is 0. The van der Waals surface area contributed by atoms with E-state index in [-0.39, 0.29) is 12.8 Å². The summed E-state index contributed by atoms with van der Waals surface area (Å²) in [5.41, 5.74) is -1.27. The van der Waals surface area contributed by atoms with Gasteiger partial charge in [0.05, 0.1) is 12.1 Å². The summed E-state index contributed by atoms with van der Waals surface area (Å²) in [7, 11) is 0. The molecule has 0 aliphatic carbocycles. The molecule has 0 aromatic rings. The van der Waals surface area contributed by atoms with Crippen molar-refractivity contribution in [2.45, 2.75) is 44.6 Å². The summed E-state index contributed by atoms with van der Waals surface area (Å²) in [5.74, 6) is -6.79. The van der Waals surface area contributed by atoms with Gasteiger partial charge in [0.2, 0.25) is 0 Å². The average Bonchev–Trinajstić information content (AvgIpc) is 2.25. The molecule has 0 aromatic carbocycles. The minimum atomic E-state index is -4.73. The monoisotopic (exact) mass is 245 g/mol. The molecule has 0 atom stereocenters. The second-order valence-corrected chi connectivity index (χ2v) is 3.52. The van der Waals surface area contributed by atoms with Crippen LogP contribution in [0.2, 0.25) is 0 Å². The van der Waals surface area contributed by atoms with Gasteiger partial charge in [0.15, 0.2) is 0 Å². The van der Waals surface area contributed by atoms with Crippen molar-refractivity contribution < 1.29 is 27.5 Å². The van der Waals surface area contributed by atoms with Crippen LogP contribution < -0.4 is 5.32 Å². The van der Waals surface area contributed by atoms with Crippen LogP contribution in [0.4, 0.5) is 17.6 Å². The number of hydrogen-bond donors (Lipinski definition) is 2. The van der Waals surface area contributed by atoms with Crippen LogP contribution in [0.3, 0.4) is 0 Å². The normalized spacial score (nSPS) is 13.0. The number of carbonyl (C=O) groups excluding carboxylic acids is 1. The Morgan fingerprint density at radius 3 is 2.00 bits per heavy atom. The predicted octanol–water partition coefficient (Wildman–Crippen LogP) is 1.55. The van der Waals surface area contributed by atoms with Crippen molar-refractivity contribution >= 4 is 5.91 Å². The third-order valence-electron chi connectivity index (χ3n) is 2.61. The Morgan fingerprint density at radius 1 is 1.31 bits per heavy atom. The lowest BCUT2D eigenvalue weighted by atomic mass is 9.93. The van der Waals surface area contributed by atoms with Gasteiger partial charge in [-0.15, -0.1) is 0 Å². The molecule has 0 saturated carbocycles. The highest BCUT2D eigenvalue weighted by Gasteiger charge is 2.50. The van der Waals surface area contributed by atoms with Gasteiger partial charge < -0.3 is 10.4 Å². The maximum Gasteiger partial charge on any atom is 0.383 e. The number of alkyl halides is 4. The van der Waals surface area contributed by atoms with Crippen molar-refractivity contribution in [3.05, 3.63) is 0 Å². The van der Waals surface area contributed by atoms with Gasteiger partial charge in [0, 0.05) is 0 Å². The number of carbonyl (C=O) groups is 1. The molecule has 0 saturated heterocycles. The average molecular weight is 245 g/mol. The molecule has 0 spiro atoms. The van der Waals surface area contributed by atoms with Gasteiger partial charge in [0.1, 0.15) is 0 Å². The first-order valence-corrected chi connectivity index (χ1v) is 4.85. The molecule has 2 N–H and O–H groups in total. The largest absolute Gasteiger partial charge is 0.394 e. The van der Waals surface area contributed by atoms with Crippen molar-refractivity contribution in [2.24, 2.45) is 0 Å². The third kappa shape index (κ3) is 3.07. The van der Waals surface area contributed by atoms with E-state index in [0.717, 1.165) is 0 Å². The second-order valence-electron chi connectivity index (χ2n) is 3.52. The zero-order valence-corrected chi connectivity index (χ0v) is 9.07. The molecular weight excluding hydrogens is 230 g/mol. The minimum absolute atomic E-state index is 0.172. The van der Waals surface area contributed by atoms with E-state index >= 15 is 0 Å². The van der Waals surface area contributed by atoms with Crippen LogP contribution in [0, 0.1) is 0 Å². The summed E-state index contributed by atoms with van der Waals surface area (Å²) < 4.78 is 49.0. The number of hydrogen-bond acceptors (Lipinski definition) is 2. The van der Waals surface area contributed by atoms with E-state index in [4.69, 9.17) is 5.11 Å². The van der Waals surface area contributed by atoms with Crippen LogP contribution in [0.1, 0.15) is 26.7 Å². The van der Waals surface area contributed by atoms with Gasteiger partial charge in [-0.25, -0.2) is 8.78 Å². The van der Waals surface area contributed by atoms with E-state index in [1.165, 1.54) is 0 Å². The maximum atomic E-state index is 12.6. The van der Waals surface area contributed by atoms with E-state index in [2.05, 4.69) is 0 Å². The Bertz CT molecular complexity index is 233. The Labute approximate surface area is 90.8 Å². The van der Waals surface area contributed by atoms with Crippen LogP contribution >= 0.6 is 0 Å². The summed E-state index contributed by atoms with van der Waals surface area (Å²) in [6.07, 6.45) is -3.71. The Kier molecular flexibility index (Phi) is 5.18. The minimum Gasteiger partial charge on any atom is -0.394 e. The highest BCUT2D eigenvalue weighted by atomic mass is 19.3. The number of aliphatic hydroxyl groups excluding tert-OH is 1. The van der Waals surface area contributed by atoms with Crippen molar-refractivity contribution in [3.8, 4) is 0 Å². The van der Waals surface area contributed by atoms with Crippen molar-refractivity contribution in [1.29, 1.82) is 0 Å². The molecule has 0 bridgehead atoms. The van der Waals surface area contributed by atoms with E-state index in [9.17, 15) is 22.4 Å². The molecule has 16 heavy (non-hydrogen) atoms. The Morgan fingerprint density at radius 2 is 1.75 bits per heavy atom. The molecule has 0 heterocycles. The molecule has 3 nitrogen and oxygen atoms in total. The fraction of sp³-hybridized carbons (Fsp3) is 0.889. The fourth-order valence-corrected chi connectivity index (χ4v) is 1.11. The van der Waals surface area contributed by atoms with Crippen molar-refractivity contribution in [2.75, 3.05) is 6.61 Å². The summed E-state index contributed by atoms with van der Waals surface area (Å²) in [5, 5.41) is 10.8. The van der Waals surface area contributed by atoms with Gasteiger partial charge in [-0.2, -0.15) is 8.78 Å². The van der Waals surface area contributed by atoms with E-state index in [1.54, 1.807) is 19.2 Å². The summed E-state index contributed by atoms with van der Waals surface area (Å²) in [4.78, 5) is 10.9. The van der Waals surface area contributed by atoms with Gasteiger partial charge in [-0.05, 0) is 12.8 Å². The first kappa shape index (κ1) is 15.2. The van der Waals surface area contributed by atoms with Crippen LogP contribution in [0.25, 0.3) is 0 Å². The molecule has 0 unspecified atom stereocenters. The molecule has 1 amide bonds. The van der Waals surface area contributed by atoms with Gasteiger partial charge in [-0.1, -0.05) is 13.8 Å². The molecule has 0 aliphatic heterocycles. The lowest BCUT2D eigenvalue weighted by molar-refractivity contribution is -0.172. The zero-order valence-electron chi connectivity index (χ0n) is 9.07. The summed E-state index contributed by atoms with van der Waals surface area (Å²) in [6, 6.07) is 0. The Balaban J connectivity index is 4.78. The SMILES string of the molecule is CCC(CC)(CO)NC(=O)C(F)(F)C(F)F. The molecule has 7 heteroatoms. The lowest BCUT2D eigenvalue weighted by Crippen LogP contribution is -2.57. The summed E-state index contributed by atoms with van der Waals surface area (Å²) in [6.45, 7) is 2.53. The smallest absolute Gasteiger partial charge is 0.383 e. The highest BCUT2D eigenvalue weighted by Crippen LogP contribution is 2.25. The van der Waals surface area contributed by atoms with E-state index < -0.39 is 30.4 Å². The van der Waals surface area contributed by atoms with Crippen molar-refractivity contribution in [3.63, 3.8) is 0 Å². The first-order chi connectivity index (χ1) is 7.25. The Hall–Kier alpha value is -0.850. The quantitative estimate of drug-likeness (QED) is 0.697. The molecule has 0 rings (SSSR count). The molecular formula is C9H15F4NO2. The number of rotatable bonds is 6. The van der Waals surface area contributed by atoms with E-state index in [0.29, 0.717) is 0 Å². The fourth-order valence-electron chi connectivity index (χ4n) is 1.11. The van der Waals surface area contributed by atoms with Gasteiger partial charge in [-0.3, -0.25) is 4.79 Å². The molecule has 0 aromatic heterocycles. The molecule has 0 aliphatic rings. The standard InChI is InChI=1S/C9H15F4NO2/c1-3-8(4-2,5-15)14-7(16)9(12,13)6(10)11/h6,15H,3-5H2,1-2H3,(H,14,16). The first-order valence-electron chi connectivity index (χ1n) is 4.85. The third-order valence-corrected chi connectivity index (χ3v) is 2.61. The molecule has 0 radical (unpaired) electrons. The van der Waals surface area contributed by atoms with Gasteiger partial charge in [0.25, 0.3) is 5.91 Å². The van der Waals surface area contributed by atoms with Crippen LogP contribution in [0.5, 0.6) is 0 Å².